The summed E-state index contributed by atoms with van der Waals surface area (Å²) in [6, 6.07) is 1.86. The summed E-state index contributed by atoms with van der Waals surface area (Å²) in [5, 5.41) is 0. The van der Waals surface area contributed by atoms with Gasteiger partial charge >= 0.3 is 5.69 Å². The fraction of sp³-hybridized carbons (Fsp3) is 0.455. The van der Waals surface area contributed by atoms with E-state index in [-0.39, 0.29) is 5.69 Å². The van der Waals surface area contributed by atoms with Crippen LogP contribution in [0.2, 0.25) is 0 Å². The van der Waals surface area contributed by atoms with Crippen molar-refractivity contribution in [1.29, 1.82) is 0 Å². The molecule has 0 bridgehead atoms. The van der Waals surface area contributed by atoms with Gasteiger partial charge in [0.05, 0.1) is 0 Å². The van der Waals surface area contributed by atoms with E-state index < -0.39 is 0 Å². The molecule has 14 heavy (non-hydrogen) atoms. The number of allylic oxidation sites excluding steroid dienone is 2. The summed E-state index contributed by atoms with van der Waals surface area (Å²) in [4.78, 5) is 17.4. The quantitative estimate of drug-likeness (QED) is 0.736. The number of aromatic amines is 1. The van der Waals surface area contributed by atoms with Crippen molar-refractivity contribution >= 4 is 5.57 Å². The third kappa shape index (κ3) is 1.92. The molecule has 0 spiro atoms. The van der Waals surface area contributed by atoms with Gasteiger partial charge in [-0.1, -0.05) is 13.0 Å². The molecule has 3 heteroatoms. The molecular weight excluding hydrogens is 176 g/mol. The van der Waals surface area contributed by atoms with Gasteiger partial charge in [0.1, 0.15) is 0 Å². The first-order chi connectivity index (χ1) is 6.75. The molecule has 0 saturated carbocycles. The first-order valence-electron chi connectivity index (χ1n) is 5.00. The predicted molar refractivity (Wildman–Crippen MR) is 55.8 cm³/mol. The number of nitrogens with zero attached hydrogens (tertiary/aromatic N) is 1. The number of H-pyrrole nitrogens is 1. The van der Waals surface area contributed by atoms with E-state index in [0.717, 1.165) is 24.5 Å². The summed E-state index contributed by atoms with van der Waals surface area (Å²) in [6.07, 6.45) is 7.16. The van der Waals surface area contributed by atoms with Crippen molar-refractivity contribution in [3.63, 3.8) is 0 Å². The Labute approximate surface area is 82.9 Å². The lowest BCUT2D eigenvalue weighted by atomic mass is 9.90. The second kappa shape index (κ2) is 3.78. The van der Waals surface area contributed by atoms with Crippen molar-refractivity contribution in [2.24, 2.45) is 5.92 Å². The lowest BCUT2D eigenvalue weighted by molar-refractivity contribution is 0.533. The van der Waals surface area contributed by atoms with Gasteiger partial charge in [-0.3, -0.25) is 0 Å². The summed E-state index contributed by atoms with van der Waals surface area (Å²) < 4.78 is 0. The fourth-order valence-corrected chi connectivity index (χ4v) is 1.77. The van der Waals surface area contributed by atoms with E-state index in [1.165, 1.54) is 12.0 Å². The fourth-order valence-electron chi connectivity index (χ4n) is 1.77. The normalized spacial score (nSPS) is 21.8. The van der Waals surface area contributed by atoms with Gasteiger partial charge in [-0.15, -0.1) is 0 Å². The maximum Gasteiger partial charge on any atom is 0.345 e. The van der Waals surface area contributed by atoms with E-state index in [0.29, 0.717) is 0 Å². The average molecular weight is 190 g/mol. The predicted octanol–water partition coefficient (Wildman–Crippen LogP) is 1.97. The van der Waals surface area contributed by atoms with Crippen LogP contribution in [0.15, 0.2) is 23.1 Å². The minimum absolute atomic E-state index is 0.262. The zero-order valence-corrected chi connectivity index (χ0v) is 8.29. The van der Waals surface area contributed by atoms with Gasteiger partial charge in [0, 0.05) is 11.9 Å². The zero-order valence-electron chi connectivity index (χ0n) is 8.29. The SMILES string of the molecule is CC1CC=C(c2ccnc(=O)[nH]2)CC1. The van der Waals surface area contributed by atoms with Crippen molar-refractivity contribution in [2.75, 3.05) is 0 Å². The van der Waals surface area contributed by atoms with E-state index in [4.69, 9.17) is 0 Å². The van der Waals surface area contributed by atoms with E-state index in [9.17, 15) is 4.79 Å². The van der Waals surface area contributed by atoms with E-state index in [1.54, 1.807) is 6.20 Å². The Morgan fingerprint density at radius 3 is 3.07 bits per heavy atom. The Morgan fingerprint density at radius 2 is 2.43 bits per heavy atom. The third-order valence-corrected chi connectivity index (χ3v) is 2.69. The van der Waals surface area contributed by atoms with Crippen molar-refractivity contribution in [2.45, 2.75) is 26.2 Å². The van der Waals surface area contributed by atoms with Crippen LogP contribution in [0.5, 0.6) is 0 Å². The lowest BCUT2D eigenvalue weighted by Crippen LogP contribution is -2.12. The minimum Gasteiger partial charge on any atom is -0.306 e. The molecule has 1 aromatic heterocycles. The first kappa shape index (κ1) is 9.19. The molecule has 1 aromatic rings. The van der Waals surface area contributed by atoms with E-state index >= 15 is 0 Å². The summed E-state index contributed by atoms with van der Waals surface area (Å²) in [5.41, 5.74) is 1.92. The highest BCUT2D eigenvalue weighted by atomic mass is 16.1. The Balaban J connectivity index is 2.28. The number of rotatable bonds is 1. The zero-order chi connectivity index (χ0) is 9.97. The second-order valence-corrected chi connectivity index (χ2v) is 3.90. The highest BCUT2D eigenvalue weighted by Gasteiger charge is 2.11. The van der Waals surface area contributed by atoms with Crippen LogP contribution in [0.1, 0.15) is 31.9 Å². The van der Waals surface area contributed by atoms with Gasteiger partial charge in [-0.2, -0.15) is 0 Å². The van der Waals surface area contributed by atoms with Crippen molar-refractivity contribution < 1.29 is 0 Å². The molecule has 0 aromatic carbocycles. The minimum atomic E-state index is -0.262. The third-order valence-electron chi connectivity index (χ3n) is 2.69. The van der Waals surface area contributed by atoms with Crippen LogP contribution in [0.3, 0.4) is 0 Å². The highest BCUT2D eigenvalue weighted by Crippen LogP contribution is 2.27. The Bertz CT molecular complexity index is 406. The topological polar surface area (TPSA) is 45.8 Å². The Kier molecular flexibility index (Phi) is 2.48. The van der Waals surface area contributed by atoms with E-state index in [1.807, 2.05) is 6.07 Å². The largest absolute Gasteiger partial charge is 0.345 e. The molecular formula is C11H14N2O. The van der Waals surface area contributed by atoms with Gasteiger partial charge in [-0.25, -0.2) is 9.78 Å². The van der Waals surface area contributed by atoms with Crippen LogP contribution in [-0.2, 0) is 0 Å². The van der Waals surface area contributed by atoms with Crippen LogP contribution in [0, 0.1) is 5.92 Å². The maximum absolute atomic E-state index is 11.0. The molecule has 0 saturated heterocycles. The number of hydrogen-bond acceptors (Lipinski definition) is 2. The molecule has 0 fully saturated rings. The van der Waals surface area contributed by atoms with Crippen molar-refractivity contribution in [3.05, 3.63) is 34.5 Å². The number of hydrogen-bond donors (Lipinski definition) is 1. The number of aromatic nitrogens is 2. The first-order valence-corrected chi connectivity index (χ1v) is 5.00. The Morgan fingerprint density at radius 1 is 1.57 bits per heavy atom. The molecule has 0 amide bonds. The van der Waals surface area contributed by atoms with Crippen LogP contribution < -0.4 is 5.69 Å². The monoisotopic (exact) mass is 190 g/mol. The number of nitrogens with one attached hydrogen (secondary N) is 1. The molecule has 1 N–H and O–H groups in total. The molecule has 0 aliphatic heterocycles. The summed E-state index contributed by atoms with van der Waals surface area (Å²) in [5.74, 6) is 0.771. The van der Waals surface area contributed by atoms with Crippen LogP contribution in [-0.4, -0.2) is 9.97 Å². The summed E-state index contributed by atoms with van der Waals surface area (Å²) in [7, 11) is 0. The average Bonchev–Trinajstić information content (AvgIpc) is 2.19. The standard InChI is InChI=1S/C11H14N2O/c1-8-2-4-9(5-3-8)10-6-7-12-11(14)13-10/h4,6-8H,2-3,5H2,1H3,(H,12,13,14). The van der Waals surface area contributed by atoms with Crippen LogP contribution in [0.4, 0.5) is 0 Å². The lowest BCUT2D eigenvalue weighted by Gasteiger charge is -2.17. The maximum atomic E-state index is 11.0. The van der Waals surface area contributed by atoms with Crippen LogP contribution >= 0.6 is 0 Å². The molecule has 1 aliphatic carbocycles. The molecule has 1 heterocycles. The summed E-state index contributed by atoms with van der Waals surface area (Å²) in [6.45, 7) is 2.25. The van der Waals surface area contributed by atoms with Gasteiger partial charge in [0.2, 0.25) is 0 Å². The van der Waals surface area contributed by atoms with Gasteiger partial charge < -0.3 is 4.98 Å². The van der Waals surface area contributed by atoms with Crippen LogP contribution in [0.25, 0.3) is 5.57 Å². The van der Waals surface area contributed by atoms with E-state index in [2.05, 4.69) is 23.0 Å². The highest BCUT2D eigenvalue weighted by molar-refractivity contribution is 5.62. The van der Waals surface area contributed by atoms with Gasteiger partial charge in [0.25, 0.3) is 0 Å². The molecule has 1 atom stereocenters. The molecule has 74 valence electrons. The van der Waals surface area contributed by atoms with Gasteiger partial charge in [-0.05, 0) is 36.8 Å². The van der Waals surface area contributed by atoms with Crippen molar-refractivity contribution in [1.82, 2.24) is 9.97 Å². The smallest absolute Gasteiger partial charge is 0.306 e. The molecule has 1 aliphatic rings. The van der Waals surface area contributed by atoms with Crippen molar-refractivity contribution in [3.8, 4) is 0 Å². The molecule has 2 rings (SSSR count). The molecule has 3 nitrogen and oxygen atoms in total. The molecule has 0 radical (unpaired) electrons. The summed E-state index contributed by atoms with van der Waals surface area (Å²) >= 11 is 0. The molecule has 1 unspecified atom stereocenters. The second-order valence-electron chi connectivity index (χ2n) is 3.90. The Hall–Kier alpha value is -1.38. The van der Waals surface area contributed by atoms with Gasteiger partial charge in [0.15, 0.2) is 0 Å².